The van der Waals surface area contributed by atoms with Crippen molar-refractivity contribution in [1.29, 1.82) is 0 Å². The van der Waals surface area contributed by atoms with Crippen LogP contribution in [0.2, 0.25) is 0 Å². The van der Waals surface area contributed by atoms with Crippen molar-refractivity contribution in [3.63, 3.8) is 0 Å². The number of carbonyl (C=O) groups is 1. The Balaban J connectivity index is 1.64. The van der Waals surface area contributed by atoms with Gasteiger partial charge in [-0.3, -0.25) is 4.79 Å². The molecule has 0 aliphatic carbocycles. The fraction of sp³-hybridized carbons (Fsp3) is 0.0556. The Labute approximate surface area is 136 Å². The van der Waals surface area contributed by atoms with Crippen LogP contribution in [-0.2, 0) is 4.79 Å². The Morgan fingerprint density at radius 2 is 1.74 bits per heavy atom. The molecule has 1 amide bonds. The number of carbonyl (C=O) groups excluding carboxylic acids is 1. The Kier molecular flexibility index (Phi) is 4.57. The minimum atomic E-state index is -0.659. The largest absolute Gasteiger partial charge is 0.325 e. The van der Waals surface area contributed by atoms with E-state index in [9.17, 15) is 13.6 Å². The molecule has 0 atom stereocenters. The van der Waals surface area contributed by atoms with E-state index >= 15 is 0 Å². The molecule has 0 aromatic heterocycles. The lowest BCUT2D eigenvalue weighted by Gasteiger charge is -2.07. The number of anilines is 1. The third-order valence-corrected chi connectivity index (χ3v) is 4.33. The highest BCUT2D eigenvalue weighted by atomic mass is 32.2. The summed E-state index contributed by atoms with van der Waals surface area (Å²) in [5.74, 6) is -1.48. The summed E-state index contributed by atoms with van der Waals surface area (Å²) >= 11 is 1.03. The number of hydrogen-bond donors (Lipinski definition) is 1. The van der Waals surface area contributed by atoms with E-state index in [-0.39, 0.29) is 16.6 Å². The summed E-state index contributed by atoms with van der Waals surface area (Å²) in [6.45, 7) is 0. The number of nitrogens with one attached hydrogen (secondary N) is 1. The van der Waals surface area contributed by atoms with Crippen LogP contribution in [0, 0.1) is 11.6 Å². The zero-order valence-corrected chi connectivity index (χ0v) is 12.9. The van der Waals surface area contributed by atoms with Crippen molar-refractivity contribution in [2.45, 2.75) is 4.90 Å². The van der Waals surface area contributed by atoms with Gasteiger partial charge < -0.3 is 5.32 Å². The van der Waals surface area contributed by atoms with Gasteiger partial charge in [-0.25, -0.2) is 8.78 Å². The molecule has 0 aliphatic rings. The zero-order valence-electron chi connectivity index (χ0n) is 12.1. The summed E-state index contributed by atoms with van der Waals surface area (Å²) < 4.78 is 26.3. The first-order valence-corrected chi connectivity index (χ1v) is 7.97. The molecule has 3 aromatic rings. The lowest BCUT2D eigenvalue weighted by molar-refractivity contribution is -0.113. The van der Waals surface area contributed by atoms with E-state index in [2.05, 4.69) is 5.32 Å². The van der Waals surface area contributed by atoms with Gasteiger partial charge in [0, 0.05) is 16.6 Å². The van der Waals surface area contributed by atoms with E-state index in [1.54, 1.807) is 0 Å². The fourth-order valence-corrected chi connectivity index (χ4v) is 2.92. The molecule has 1 N–H and O–H groups in total. The molecule has 23 heavy (non-hydrogen) atoms. The van der Waals surface area contributed by atoms with Crippen LogP contribution in [-0.4, -0.2) is 11.7 Å². The first-order chi connectivity index (χ1) is 11.1. The quantitative estimate of drug-likeness (QED) is 0.693. The maximum atomic E-state index is 13.5. The molecule has 116 valence electrons. The third kappa shape index (κ3) is 3.87. The van der Waals surface area contributed by atoms with Crippen LogP contribution in [0.3, 0.4) is 0 Å². The van der Waals surface area contributed by atoms with E-state index in [1.165, 1.54) is 12.1 Å². The first-order valence-electron chi connectivity index (χ1n) is 6.98. The van der Waals surface area contributed by atoms with Gasteiger partial charge in [-0.05, 0) is 35.0 Å². The van der Waals surface area contributed by atoms with E-state index < -0.39 is 11.6 Å². The second-order valence-electron chi connectivity index (χ2n) is 4.97. The second kappa shape index (κ2) is 6.79. The minimum Gasteiger partial charge on any atom is -0.325 e. The molecule has 3 rings (SSSR count). The van der Waals surface area contributed by atoms with E-state index in [0.717, 1.165) is 28.6 Å². The number of fused-ring (bicyclic) bond motifs is 1. The lowest BCUT2D eigenvalue weighted by atomic mass is 10.1. The van der Waals surface area contributed by atoms with Gasteiger partial charge in [0.25, 0.3) is 0 Å². The molecule has 0 saturated heterocycles. The molecule has 5 heteroatoms. The Morgan fingerprint density at radius 3 is 2.52 bits per heavy atom. The third-order valence-electron chi connectivity index (χ3n) is 3.29. The molecule has 0 heterocycles. The maximum absolute atomic E-state index is 13.5. The monoisotopic (exact) mass is 329 g/mol. The van der Waals surface area contributed by atoms with Gasteiger partial charge in [0.15, 0.2) is 0 Å². The van der Waals surface area contributed by atoms with Gasteiger partial charge in [-0.15, -0.1) is 11.8 Å². The molecular formula is C18H13F2NOS. The minimum absolute atomic E-state index is 0.0510. The van der Waals surface area contributed by atoms with Crippen LogP contribution < -0.4 is 5.32 Å². The summed E-state index contributed by atoms with van der Waals surface area (Å²) in [4.78, 5) is 12.2. The van der Waals surface area contributed by atoms with Gasteiger partial charge in [0.2, 0.25) is 5.91 Å². The normalized spacial score (nSPS) is 10.7. The lowest BCUT2D eigenvalue weighted by Crippen LogP contribution is -2.14. The molecular weight excluding hydrogens is 316 g/mol. The van der Waals surface area contributed by atoms with Gasteiger partial charge in [-0.1, -0.05) is 30.3 Å². The van der Waals surface area contributed by atoms with Crippen molar-refractivity contribution in [2.24, 2.45) is 0 Å². The van der Waals surface area contributed by atoms with Crippen LogP contribution in [0.1, 0.15) is 0 Å². The SMILES string of the molecule is O=C(CSc1ccc(F)cc1F)Nc1ccc2ccccc2c1. The van der Waals surface area contributed by atoms with Gasteiger partial charge in [-0.2, -0.15) is 0 Å². The van der Waals surface area contributed by atoms with Crippen LogP contribution in [0.15, 0.2) is 65.6 Å². The highest BCUT2D eigenvalue weighted by Gasteiger charge is 2.08. The second-order valence-corrected chi connectivity index (χ2v) is 5.99. The summed E-state index contributed by atoms with van der Waals surface area (Å²) in [6.07, 6.45) is 0. The molecule has 0 radical (unpaired) electrons. The smallest absolute Gasteiger partial charge is 0.234 e. The van der Waals surface area contributed by atoms with Crippen molar-refractivity contribution >= 4 is 34.1 Å². The highest BCUT2D eigenvalue weighted by molar-refractivity contribution is 8.00. The van der Waals surface area contributed by atoms with Crippen molar-refractivity contribution in [1.82, 2.24) is 0 Å². The zero-order chi connectivity index (χ0) is 16.2. The fourth-order valence-electron chi connectivity index (χ4n) is 2.20. The molecule has 2 nitrogen and oxygen atoms in total. The Bertz CT molecular complexity index is 867. The van der Waals surface area contributed by atoms with Crippen LogP contribution >= 0.6 is 11.8 Å². The van der Waals surface area contributed by atoms with E-state index in [4.69, 9.17) is 0 Å². The Morgan fingerprint density at radius 1 is 0.957 bits per heavy atom. The number of halogens is 2. The summed E-state index contributed by atoms with van der Waals surface area (Å²) in [6, 6.07) is 16.8. The van der Waals surface area contributed by atoms with Crippen LogP contribution in [0.5, 0.6) is 0 Å². The first kappa shape index (κ1) is 15.5. The molecule has 0 unspecified atom stereocenters. The Hall–Kier alpha value is -2.40. The summed E-state index contributed by atoms with van der Waals surface area (Å²) in [7, 11) is 0. The molecule has 0 saturated carbocycles. The molecule has 3 aromatic carbocycles. The average molecular weight is 329 g/mol. The van der Waals surface area contributed by atoms with Gasteiger partial charge >= 0.3 is 0 Å². The molecule has 0 fully saturated rings. The summed E-state index contributed by atoms with van der Waals surface area (Å²) in [5, 5.41) is 4.90. The molecule has 0 aliphatic heterocycles. The highest BCUT2D eigenvalue weighted by Crippen LogP contribution is 2.23. The number of thioether (sulfide) groups is 1. The molecule has 0 bridgehead atoms. The standard InChI is InChI=1S/C18H13F2NOS/c19-14-6-8-17(16(20)10-14)23-11-18(22)21-15-7-5-12-3-1-2-4-13(12)9-15/h1-10H,11H2,(H,21,22). The van der Waals surface area contributed by atoms with Crippen molar-refractivity contribution in [2.75, 3.05) is 11.1 Å². The van der Waals surface area contributed by atoms with Crippen molar-refractivity contribution in [3.8, 4) is 0 Å². The number of rotatable bonds is 4. The van der Waals surface area contributed by atoms with Gasteiger partial charge in [0.1, 0.15) is 11.6 Å². The number of benzene rings is 3. The number of hydrogen-bond acceptors (Lipinski definition) is 2. The maximum Gasteiger partial charge on any atom is 0.234 e. The number of amides is 1. The predicted octanol–water partition coefficient (Wildman–Crippen LogP) is 4.85. The summed E-state index contributed by atoms with van der Waals surface area (Å²) in [5.41, 5.74) is 0.689. The van der Waals surface area contributed by atoms with Crippen LogP contribution in [0.25, 0.3) is 10.8 Å². The van der Waals surface area contributed by atoms with Crippen LogP contribution in [0.4, 0.5) is 14.5 Å². The molecule has 0 spiro atoms. The van der Waals surface area contributed by atoms with Crippen molar-refractivity contribution < 1.29 is 13.6 Å². The van der Waals surface area contributed by atoms with Gasteiger partial charge in [0.05, 0.1) is 5.75 Å². The van der Waals surface area contributed by atoms with E-state index in [0.29, 0.717) is 5.69 Å². The topological polar surface area (TPSA) is 29.1 Å². The predicted molar refractivity (Wildman–Crippen MR) is 89.7 cm³/mol. The van der Waals surface area contributed by atoms with E-state index in [1.807, 2.05) is 42.5 Å². The average Bonchev–Trinajstić information content (AvgIpc) is 2.54. The van der Waals surface area contributed by atoms with Crippen molar-refractivity contribution in [3.05, 3.63) is 72.3 Å².